The van der Waals surface area contributed by atoms with Crippen LogP contribution in [0, 0.1) is 13.1 Å². The zero-order chi connectivity index (χ0) is 27.4. The van der Waals surface area contributed by atoms with Crippen LogP contribution in [0.25, 0.3) is 43.7 Å². The molecule has 3 heterocycles. The highest BCUT2D eigenvalue weighted by Crippen LogP contribution is 2.29. The van der Waals surface area contributed by atoms with Crippen molar-refractivity contribution in [3.63, 3.8) is 0 Å². The van der Waals surface area contributed by atoms with Crippen LogP contribution in [0.4, 0.5) is 11.6 Å². The number of aromatic nitrogens is 6. The van der Waals surface area contributed by atoms with Gasteiger partial charge in [0.05, 0.1) is 0 Å². The Kier molecular flexibility index (Phi) is 4.95. The van der Waals surface area contributed by atoms with Gasteiger partial charge in [-0.05, 0) is 24.3 Å². The second-order valence-corrected chi connectivity index (χ2v) is 8.86. The van der Waals surface area contributed by atoms with Crippen LogP contribution >= 0.6 is 0 Å². The highest BCUT2D eigenvalue weighted by atomic mass is 16.1. The van der Waals surface area contributed by atoms with Crippen molar-refractivity contribution in [2.45, 2.75) is 0 Å². The van der Waals surface area contributed by atoms with E-state index in [9.17, 15) is 9.59 Å². The van der Waals surface area contributed by atoms with E-state index in [-0.39, 0.29) is 56.7 Å². The second-order valence-electron chi connectivity index (χ2n) is 8.86. The molecule has 10 nitrogen and oxygen atoms in total. The molecule has 6 aromatic rings. The summed E-state index contributed by atoms with van der Waals surface area (Å²) in [6.45, 7) is 15.2. The quantitative estimate of drug-likeness (QED) is 0.195. The summed E-state index contributed by atoms with van der Waals surface area (Å²) in [5.74, 6) is -1.17. The fourth-order valence-corrected chi connectivity index (χ4v) is 4.86. The Hall–Kier alpha value is -6.26. The van der Waals surface area contributed by atoms with Crippen LogP contribution in [0.3, 0.4) is 0 Å². The number of carbonyl (C=O) groups is 2. The lowest BCUT2D eigenvalue weighted by molar-refractivity contribution is -0.587. The van der Waals surface area contributed by atoms with Crippen molar-refractivity contribution in [3.8, 4) is 11.4 Å². The SMILES string of the molecule is [C-]#[N+]c1nc2c(nc1[N+]#[C-])[n+](-c1ccccc1)c1nc3c(nc1[n+]2-c1ccccc1)C(=O)c1ccccc1C3=O. The summed E-state index contributed by atoms with van der Waals surface area (Å²) < 4.78 is 3.29. The second kappa shape index (κ2) is 8.65. The first-order chi connectivity index (χ1) is 19.6. The third-order valence-electron chi connectivity index (χ3n) is 6.62. The molecule has 40 heavy (non-hydrogen) atoms. The molecule has 1 aliphatic carbocycles. The van der Waals surface area contributed by atoms with Crippen LogP contribution in [0.2, 0.25) is 0 Å². The molecule has 7 rings (SSSR count). The van der Waals surface area contributed by atoms with Gasteiger partial charge in [-0.2, -0.15) is 9.13 Å². The van der Waals surface area contributed by atoms with E-state index < -0.39 is 11.6 Å². The monoisotopic (exact) mass is 518 g/mol. The molecule has 0 bridgehead atoms. The molecular weight excluding hydrogens is 504 g/mol. The standard InChI is InChI=1S/C30H14N8O2/c1-31-25-26(32-2)36-30-29(35-25)37(17-11-5-3-6-12-17)27-28(38(30)18-13-7-4-8-14-18)34-22-21(33-27)23(39)19-15-9-10-16-20(19)24(22)40/h3-16H/q+2. The largest absolute Gasteiger partial charge is 0.379 e. The molecule has 1 aliphatic rings. The predicted molar refractivity (Wildman–Crippen MR) is 142 cm³/mol. The number of para-hydroxylation sites is 2. The lowest BCUT2D eigenvalue weighted by Crippen LogP contribution is -2.46. The minimum absolute atomic E-state index is 0.0732. The maximum atomic E-state index is 13.6. The van der Waals surface area contributed by atoms with Crippen molar-refractivity contribution in [1.82, 2.24) is 19.9 Å². The van der Waals surface area contributed by atoms with Crippen LogP contribution in [-0.4, -0.2) is 31.5 Å². The Morgan fingerprint density at radius 2 is 0.850 bits per heavy atom. The number of hydrogen-bond donors (Lipinski definition) is 0. The molecule has 0 amide bonds. The van der Waals surface area contributed by atoms with E-state index >= 15 is 0 Å². The van der Waals surface area contributed by atoms with Gasteiger partial charge < -0.3 is 9.69 Å². The van der Waals surface area contributed by atoms with Gasteiger partial charge in [-0.25, -0.2) is 0 Å². The Bertz CT molecular complexity index is 2010. The van der Waals surface area contributed by atoms with Gasteiger partial charge in [0.2, 0.25) is 23.0 Å². The Labute approximate surface area is 226 Å². The number of rotatable bonds is 2. The molecule has 0 N–H and O–H groups in total. The van der Waals surface area contributed by atoms with Crippen molar-refractivity contribution in [2.75, 3.05) is 0 Å². The molecular formula is C30H14N8O2+2. The van der Waals surface area contributed by atoms with Crippen LogP contribution < -0.4 is 9.13 Å². The normalized spacial score (nSPS) is 12.1. The molecule has 10 heteroatoms. The van der Waals surface area contributed by atoms with Gasteiger partial charge in [0.1, 0.15) is 11.4 Å². The number of ketones is 2. The number of fused-ring (bicyclic) bond motifs is 4. The number of hydrogen-bond acceptors (Lipinski definition) is 6. The smallest absolute Gasteiger partial charge is 0.347 e. The average Bonchev–Trinajstić information content (AvgIpc) is 3.02. The number of carbonyl (C=O) groups excluding carboxylic acids is 2. The fraction of sp³-hybridized carbons (Fsp3) is 0. The topological polar surface area (TPSA) is 102 Å². The highest BCUT2D eigenvalue weighted by molar-refractivity contribution is 6.27. The van der Waals surface area contributed by atoms with Gasteiger partial charge in [0, 0.05) is 11.1 Å². The van der Waals surface area contributed by atoms with Crippen molar-refractivity contribution in [3.05, 3.63) is 130 Å². The molecule has 0 saturated heterocycles. The van der Waals surface area contributed by atoms with Gasteiger partial charge in [0.25, 0.3) is 11.6 Å². The molecule has 0 unspecified atom stereocenters. The summed E-state index contributed by atoms with van der Waals surface area (Å²) in [6.07, 6.45) is 0. The van der Waals surface area contributed by atoms with E-state index in [0.29, 0.717) is 11.4 Å². The van der Waals surface area contributed by atoms with E-state index in [1.54, 1.807) is 33.4 Å². The van der Waals surface area contributed by atoms with Crippen molar-refractivity contribution in [1.29, 1.82) is 0 Å². The van der Waals surface area contributed by atoms with Crippen LogP contribution in [0.5, 0.6) is 0 Å². The number of benzene rings is 3. The molecule has 0 spiro atoms. The first kappa shape index (κ1) is 22.9. The van der Waals surface area contributed by atoms with Gasteiger partial charge in [-0.1, -0.05) is 83.8 Å². The van der Waals surface area contributed by atoms with Gasteiger partial charge in [0.15, 0.2) is 0 Å². The summed E-state index contributed by atoms with van der Waals surface area (Å²) >= 11 is 0. The van der Waals surface area contributed by atoms with E-state index in [0.717, 1.165) is 0 Å². The summed E-state index contributed by atoms with van der Waals surface area (Å²) in [5, 5.41) is 0. The Morgan fingerprint density at radius 1 is 0.500 bits per heavy atom. The van der Waals surface area contributed by atoms with Gasteiger partial charge in [-0.3, -0.25) is 9.59 Å². The maximum absolute atomic E-state index is 13.6. The van der Waals surface area contributed by atoms with E-state index in [2.05, 4.69) is 19.7 Å². The predicted octanol–water partition coefficient (Wildman–Crippen LogP) is 4.00. The third-order valence-corrected chi connectivity index (χ3v) is 6.62. The van der Waals surface area contributed by atoms with Gasteiger partial charge >= 0.3 is 22.6 Å². The van der Waals surface area contributed by atoms with E-state index in [1.807, 2.05) is 60.7 Å². The van der Waals surface area contributed by atoms with Gasteiger partial charge in [-0.15, -0.1) is 9.97 Å². The van der Waals surface area contributed by atoms with Crippen molar-refractivity contribution in [2.24, 2.45) is 0 Å². The Morgan fingerprint density at radius 3 is 1.23 bits per heavy atom. The summed E-state index contributed by atoms with van der Waals surface area (Å²) in [7, 11) is 0. The molecule has 0 fully saturated rings. The maximum Gasteiger partial charge on any atom is 0.347 e. The van der Waals surface area contributed by atoms with E-state index in [1.165, 1.54) is 0 Å². The summed E-state index contributed by atoms with van der Waals surface area (Å²) in [6, 6.07) is 24.8. The lowest BCUT2D eigenvalue weighted by Gasteiger charge is -2.14. The lowest BCUT2D eigenvalue weighted by atomic mass is 9.90. The minimum Gasteiger partial charge on any atom is -0.379 e. The first-order valence-corrected chi connectivity index (χ1v) is 12.1. The number of nitrogens with zero attached hydrogens (tertiary/aromatic N) is 8. The summed E-state index contributed by atoms with van der Waals surface area (Å²) in [4.78, 5) is 52.6. The van der Waals surface area contributed by atoms with E-state index in [4.69, 9.17) is 23.1 Å². The molecule has 0 aliphatic heterocycles. The molecule has 0 saturated carbocycles. The first-order valence-electron chi connectivity index (χ1n) is 12.1. The molecule has 184 valence electrons. The van der Waals surface area contributed by atoms with Crippen molar-refractivity contribution < 1.29 is 18.7 Å². The zero-order valence-corrected chi connectivity index (χ0v) is 20.5. The van der Waals surface area contributed by atoms with Crippen LogP contribution in [0.15, 0.2) is 84.9 Å². The minimum atomic E-state index is -0.415. The van der Waals surface area contributed by atoms with Crippen molar-refractivity contribution >= 4 is 45.8 Å². The van der Waals surface area contributed by atoms with Crippen LogP contribution in [0.1, 0.15) is 32.1 Å². The highest BCUT2D eigenvalue weighted by Gasteiger charge is 2.40. The molecule has 0 atom stereocenters. The molecule has 3 aromatic heterocycles. The average molecular weight is 518 g/mol. The Balaban J connectivity index is 1.73. The fourth-order valence-electron chi connectivity index (χ4n) is 4.86. The third kappa shape index (κ3) is 3.20. The summed E-state index contributed by atoms with van der Waals surface area (Å²) in [5.41, 5.74) is 2.50. The zero-order valence-electron chi connectivity index (χ0n) is 20.5. The van der Waals surface area contributed by atoms with Crippen LogP contribution in [-0.2, 0) is 0 Å². The molecule has 3 aromatic carbocycles. The molecule has 0 radical (unpaired) electrons.